The Morgan fingerprint density at radius 3 is 1.73 bits per heavy atom. The van der Waals surface area contributed by atoms with Gasteiger partial charge in [0.25, 0.3) is 11.4 Å². The highest BCUT2D eigenvalue weighted by molar-refractivity contribution is 7.73. The molecule has 0 spiro atoms. The van der Waals surface area contributed by atoms with Crippen molar-refractivity contribution < 1.29 is 13.3 Å². The van der Waals surface area contributed by atoms with Crippen LogP contribution in [0.4, 0.5) is 0 Å². The van der Waals surface area contributed by atoms with Gasteiger partial charge in [0.05, 0.1) is 0 Å². The molecular weight excluding hydrogens is 164 g/mol. The third kappa shape index (κ3) is 9.29. The van der Waals surface area contributed by atoms with Gasteiger partial charge in [-0.1, -0.05) is 35.9 Å². The second-order valence-corrected chi connectivity index (χ2v) is 2.35. The molecule has 1 rings (SSSR count). The highest BCUT2D eigenvalue weighted by Gasteiger charge is 1.72. The van der Waals surface area contributed by atoms with Crippen LogP contribution in [0.2, 0.25) is 0 Å². The van der Waals surface area contributed by atoms with Crippen LogP contribution in [0, 0.1) is 6.92 Å². The molecule has 11 heavy (non-hydrogen) atoms. The van der Waals surface area contributed by atoms with Gasteiger partial charge in [0, 0.05) is 0 Å². The van der Waals surface area contributed by atoms with Gasteiger partial charge in [-0.2, -0.15) is 4.21 Å². The van der Waals surface area contributed by atoms with Crippen LogP contribution >= 0.6 is 0 Å². The maximum absolute atomic E-state index is 8.67. The zero-order valence-corrected chi connectivity index (χ0v) is 6.91. The summed E-state index contributed by atoms with van der Waals surface area (Å²) in [6, 6.07) is 10.3. The van der Waals surface area contributed by atoms with Crippen LogP contribution in [0.5, 0.6) is 0 Å². The van der Waals surface area contributed by atoms with Crippen LogP contribution in [0.25, 0.3) is 0 Å². The van der Waals surface area contributed by atoms with Crippen molar-refractivity contribution in [2.45, 2.75) is 6.92 Å². The molecule has 3 nitrogen and oxygen atoms in total. The summed E-state index contributed by atoms with van der Waals surface area (Å²) < 4.78 is 22.8. The first kappa shape index (κ1) is 10.3. The van der Waals surface area contributed by atoms with Crippen molar-refractivity contribution >= 4 is 11.4 Å². The van der Waals surface area contributed by atoms with Crippen LogP contribution < -0.4 is 0 Å². The fraction of sp³-hybridized carbons (Fsp3) is 0.143. The van der Waals surface area contributed by atoms with Gasteiger partial charge in [-0.15, -0.1) is 0 Å². The van der Waals surface area contributed by atoms with E-state index in [4.69, 9.17) is 13.3 Å². The lowest BCUT2D eigenvalue weighted by Gasteiger charge is -1.82. The molecule has 62 valence electrons. The summed E-state index contributed by atoms with van der Waals surface area (Å²) in [7, 11) is 0. The number of hydrogen-bond donors (Lipinski definition) is 2. The van der Waals surface area contributed by atoms with Crippen LogP contribution in [-0.2, 0) is 11.4 Å². The Hall–Kier alpha value is -0.710. The molecule has 0 radical (unpaired) electrons. The highest BCUT2D eigenvalue weighted by Crippen LogP contribution is 1.92. The summed E-state index contributed by atoms with van der Waals surface area (Å²) in [5.41, 5.74) is 1.32. The summed E-state index contributed by atoms with van der Waals surface area (Å²) in [4.78, 5) is 0. The predicted octanol–water partition coefficient (Wildman–Crippen LogP) is 1.68. The Balaban J connectivity index is 0.000000218. The number of hydrogen-bond acceptors (Lipinski definition) is 1. The van der Waals surface area contributed by atoms with Crippen LogP contribution in [-0.4, -0.2) is 13.3 Å². The molecule has 0 unspecified atom stereocenters. The molecule has 0 aromatic heterocycles. The number of benzene rings is 1. The van der Waals surface area contributed by atoms with E-state index in [0.29, 0.717) is 0 Å². The van der Waals surface area contributed by atoms with Crippen molar-refractivity contribution in [3.8, 4) is 0 Å². The van der Waals surface area contributed by atoms with Gasteiger partial charge in [-0.05, 0) is 6.92 Å². The molecule has 0 saturated carbocycles. The minimum atomic E-state index is -2.61. The Morgan fingerprint density at radius 2 is 1.55 bits per heavy atom. The molecule has 0 fully saturated rings. The third-order valence-corrected chi connectivity index (χ3v) is 0.940. The lowest BCUT2D eigenvalue weighted by atomic mass is 10.2. The van der Waals surface area contributed by atoms with Gasteiger partial charge in [0.2, 0.25) is 0 Å². The first-order chi connectivity index (χ1) is 5.13. The SMILES string of the molecule is Cc1ccccc1.O=S(O)O. The second kappa shape index (κ2) is 6.03. The molecule has 4 heteroatoms. The van der Waals surface area contributed by atoms with Crippen LogP contribution in [0.15, 0.2) is 30.3 Å². The third-order valence-electron chi connectivity index (χ3n) is 0.940. The minimum absolute atomic E-state index is 1.32. The maximum Gasteiger partial charge on any atom is 0.299 e. The van der Waals surface area contributed by atoms with E-state index < -0.39 is 11.4 Å². The van der Waals surface area contributed by atoms with Crippen molar-refractivity contribution in [2.75, 3.05) is 0 Å². The molecule has 0 heterocycles. The molecule has 1 aromatic rings. The average molecular weight is 174 g/mol. The normalized spacial score (nSPS) is 8.73. The lowest BCUT2D eigenvalue weighted by Crippen LogP contribution is -1.74. The fourth-order valence-electron chi connectivity index (χ4n) is 0.534. The quantitative estimate of drug-likeness (QED) is 0.588. The van der Waals surface area contributed by atoms with Gasteiger partial charge in [0.1, 0.15) is 0 Å². The molecule has 0 saturated heterocycles. The zero-order chi connectivity index (χ0) is 8.69. The smallest absolute Gasteiger partial charge is 0.284 e. The van der Waals surface area contributed by atoms with Gasteiger partial charge in [-0.25, -0.2) is 0 Å². The van der Waals surface area contributed by atoms with Crippen molar-refractivity contribution in [2.24, 2.45) is 0 Å². The summed E-state index contributed by atoms with van der Waals surface area (Å²) in [6.07, 6.45) is 0. The highest BCUT2D eigenvalue weighted by atomic mass is 32.2. The fourth-order valence-corrected chi connectivity index (χ4v) is 0.534. The Bertz CT molecular complexity index is 206. The van der Waals surface area contributed by atoms with E-state index in [9.17, 15) is 0 Å². The summed E-state index contributed by atoms with van der Waals surface area (Å²) in [5, 5.41) is 0. The maximum atomic E-state index is 8.67. The van der Waals surface area contributed by atoms with Crippen molar-refractivity contribution in [1.29, 1.82) is 0 Å². The average Bonchev–Trinajstić information content (AvgIpc) is 1.87. The second-order valence-electron chi connectivity index (χ2n) is 1.89. The van der Waals surface area contributed by atoms with E-state index in [1.165, 1.54) is 5.56 Å². The number of aryl methyl sites for hydroxylation is 1. The molecule has 0 aliphatic rings. The van der Waals surface area contributed by atoms with E-state index in [1.54, 1.807) is 0 Å². The lowest BCUT2D eigenvalue weighted by molar-refractivity contribution is 0.454. The van der Waals surface area contributed by atoms with Crippen molar-refractivity contribution in [3.63, 3.8) is 0 Å². The van der Waals surface area contributed by atoms with E-state index in [0.717, 1.165) is 0 Å². The summed E-state index contributed by atoms with van der Waals surface area (Å²) >= 11 is -2.61. The molecular formula is C7H10O3S. The van der Waals surface area contributed by atoms with Gasteiger partial charge >= 0.3 is 0 Å². The van der Waals surface area contributed by atoms with Crippen molar-refractivity contribution in [1.82, 2.24) is 0 Å². The Kier molecular flexibility index (Phi) is 5.64. The standard InChI is InChI=1S/C7H8.H2O3S/c1-7-5-3-2-4-6-7;1-4(2)3/h2-6H,1H3;(H2,1,2,3). The molecule has 0 amide bonds. The van der Waals surface area contributed by atoms with Crippen molar-refractivity contribution in [3.05, 3.63) is 35.9 Å². The first-order valence-corrected chi connectivity index (χ1v) is 4.01. The molecule has 1 aromatic carbocycles. The molecule has 0 atom stereocenters. The minimum Gasteiger partial charge on any atom is -0.284 e. The zero-order valence-electron chi connectivity index (χ0n) is 6.10. The first-order valence-electron chi connectivity index (χ1n) is 2.94. The Labute approximate surface area is 68.2 Å². The van der Waals surface area contributed by atoms with E-state index in [2.05, 4.69) is 19.1 Å². The van der Waals surface area contributed by atoms with Gasteiger partial charge in [0.15, 0.2) is 0 Å². The van der Waals surface area contributed by atoms with Gasteiger partial charge in [-0.3, -0.25) is 9.11 Å². The molecule has 0 aliphatic heterocycles. The molecule has 0 bridgehead atoms. The van der Waals surface area contributed by atoms with E-state index in [-0.39, 0.29) is 0 Å². The molecule has 0 aliphatic carbocycles. The largest absolute Gasteiger partial charge is 0.299 e. The number of rotatable bonds is 0. The molecule has 2 N–H and O–H groups in total. The monoisotopic (exact) mass is 174 g/mol. The van der Waals surface area contributed by atoms with Crippen LogP contribution in [0.3, 0.4) is 0 Å². The summed E-state index contributed by atoms with van der Waals surface area (Å²) in [5.74, 6) is 0. The van der Waals surface area contributed by atoms with Gasteiger partial charge < -0.3 is 0 Å². The van der Waals surface area contributed by atoms with E-state index >= 15 is 0 Å². The topological polar surface area (TPSA) is 57.5 Å². The summed E-state index contributed by atoms with van der Waals surface area (Å²) in [6.45, 7) is 2.08. The predicted molar refractivity (Wildman–Crippen MR) is 44.6 cm³/mol. The Morgan fingerprint density at radius 1 is 1.18 bits per heavy atom. The van der Waals surface area contributed by atoms with E-state index in [1.807, 2.05) is 18.2 Å². The van der Waals surface area contributed by atoms with Crippen LogP contribution in [0.1, 0.15) is 5.56 Å².